The van der Waals surface area contributed by atoms with Crippen LogP contribution < -0.4 is 9.62 Å². The van der Waals surface area contributed by atoms with Crippen molar-refractivity contribution in [2.75, 3.05) is 31.1 Å². The molecule has 2 aliphatic rings. The molecule has 2 fully saturated rings. The number of nitrogens with zero attached hydrogens (tertiary/aromatic N) is 4. The average Bonchev–Trinajstić information content (AvgIpc) is 3.55. The number of aryl methyl sites for hydroxylation is 3. The van der Waals surface area contributed by atoms with Crippen molar-refractivity contribution in [3.05, 3.63) is 47.4 Å². The van der Waals surface area contributed by atoms with E-state index >= 15 is 0 Å². The van der Waals surface area contributed by atoms with Crippen molar-refractivity contribution in [3.8, 4) is 0 Å². The van der Waals surface area contributed by atoms with Gasteiger partial charge in [0.25, 0.3) is 0 Å². The Labute approximate surface area is 183 Å². The van der Waals surface area contributed by atoms with E-state index < -0.39 is 10.0 Å². The molecule has 1 aliphatic heterocycles. The number of nitrogens with one attached hydrogen (secondary N) is 1. The van der Waals surface area contributed by atoms with Crippen LogP contribution in [0.5, 0.6) is 0 Å². The van der Waals surface area contributed by atoms with E-state index in [0.29, 0.717) is 25.9 Å². The molecule has 0 bridgehead atoms. The molecule has 0 atom stereocenters. The highest BCUT2D eigenvalue weighted by Crippen LogP contribution is 2.22. The maximum atomic E-state index is 12.7. The average molecular weight is 444 g/mol. The van der Waals surface area contributed by atoms with Gasteiger partial charge in [-0.1, -0.05) is 12.1 Å². The van der Waals surface area contributed by atoms with Crippen LogP contribution in [0.25, 0.3) is 0 Å². The largest absolute Gasteiger partial charge is 0.353 e. The number of aromatic nitrogens is 2. The maximum Gasteiger partial charge on any atom is 0.240 e. The molecule has 1 amide bonds. The van der Waals surface area contributed by atoms with Crippen LogP contribution in [0.4, 0.5) is 5.82 Å². The zero-order valence-corrected chi connectivity index (χ0v) is 18.9. The number of carbonyl (C=O) groups is 1. The Morgan fingerprint density at radius 2 is 1.74 bits per heavy atom. The highest BCUT2D eigenvalue weighted by molar-refractivity contribution is 7.89. The van der Waals surface area contributed by atoms with Crippen molar-refractivity contribution in [1.29, 1.82) is 0 Å². The molecule has 0 spiro atoms. The van der Waals surface area contributed by atoms with E-state index in [9.17, 15) is 13.2 Å². The van der Waals surface area contributed by atoms with Gasteiger partial charge in [0.05, 0.1) is 4.90 Å². The summed E-state index contributed by atoms with van der Waals surface area (Å²) in [6.45, 7) is 6.70. The second-order valence-electron chi connectivity index (χ2n) is 8.32. The van der Waals surface area contributed by atoms with Gasteiger partial charge in [-0.05, 0) is 50.8 Å². The van der Waals surface area contributed by atoms with Crippen molar-refractivity contribution in [2.45, 2.75) is 50.5 Å². The Hall–Kier alpha value is -2.52. The third-order valence-corrected chi connectivity index (χ3v) is 7.21. The van der Waals surface area contributed by atoms with Crippen LogP contribution in [-0.4, -0.2) is 61.4 Å². The Bertz CT molecular complexity index is 1020. The molecule has 0 radical (unpaired) electrons. The van der Waals surface area contributed by atoms with Gasteiger partial charge in [0.1, 0.15) is 11.6 Å². The molecule has 1 saturated carbocycles. The fourth-order valence-electron chi connectivity index (χ4n) is 3.78. The first-order chi connectivity index (χ1) is 14.8. The molecule has 4 rings (SSSR count). The second-order valence-corrected chi connectivity index (χ2v) is 10.0. The van der Waals surface area contributed by atoms with Gasteiger partial charge < -0.3 is 9.80 Å². The predicted octanol–water partition coefficient (Wildman–Crippen LogP) is 1.82. The first kappa shape index (κ1) is 21.7. The van der Waals surface area contributed by atoms with E-state index in [4.69, 9.17) is 0 Å². The van der Waals surface area contributed by atoms with E-state index in [1.165, 1.54) is 0 Å². The summed E-state index contributed by atoms with van der Waals surface area (Å²) in [6, 6.07) is 8.90. The lowest BCUT2D eigenvalue weighted by atomic mass is 10.1. The third kappa shape index (κ3) is 5.59. The molecule has 0 unspecified atom stereocenters. The van der Waals surface area contributed by atoms with Crippen molar-refractivity contribution in [3.63, 3.8) is 0 Å². The molecule has 2 aromatic rings. The lowest BCUT2D eigenvalue weighted by Crippen LogP contribution is -2.49. The fourth-order valence-corrected chi connectivity index (χ4v) is 5.08. The summed E-state index contributed by atoms with van der Waals surface area (Å²) in [5, 5.41) is 0. The normalized spacial score (nSPS) is 17.1. The van der Waals surface area contributed by atoms with Gasteiger partial charge in [-0.25, -0.2) is 23.1 Å². The topological polar surface area (TPSA) is 95.5 Å². The summed E-state index contributed by atoms with van der Waals surface area (Å²) in [5.41, 5.74) is 1.91. The predicted molar refractivity (Wildman–Crippen MR) is 118 cm³/mol. The van der Waals surface area contributed by atoms with Gasteiger partial charge >= 0.3 is 0 Å². The lowest BCUT2D eigenvalue weighted by Gasteiger charge is -2.35. The number of rotatable bonds is 7. The molecule has 8 nitrogen and oxygen atoms in total. The Morgan fingerprint density at radius 1 is 1.06 bits per heavy atom. The number of anilines is 1. The molecule has 2 heterocycles. The van der Waals surface area contributed by atoms with Crippen LogP contribution in [0, 0.1) is 13.8 Å². The van der Waals surface area contributed by atoms with E-state index in [0.717, 1.165) is 48.8 Å². The number of piperazine rings is 1. The Balaban J connectivity index is 1.26. The van der Waals surface area contributed by atoms with Gasteiger partial charge in [-0.3, -0.25) is 4.79 Å². The Kier molecular flexibility index (Phi) is 6.24. The smallest absolute Gasteiger partial charge is 0.240 e. The monoisotopic (exact) mass is 443 g/mol. The number of sulfonamides is 1. The molecule has 9 heteroatoms. The van der Waals surface area contributed by atoms with Crippen molar-refractivity contribution >= 4 is 21.7 Å². The number of amides is 1. The quantitative estimate of drug-likeness (QED) is 0.701. The lowest BCUT2D eigenvalue weighted by molar-refractivity contribution is -0.131. The Morgan fingerprint density at radius 3 is 2.35 bits per heavy atom. The summed E-state index contributed by atoms with van der Waals surface area (Å²) in [7, 11) is -3.43. The molecule has 166 valence electrons. The molecule has 1 aromatic heterocycles. The summed E-state index contributed by atoms with van der Waals surface area (Å²) in [5.74, 6) is 1.81. The molecule has 31 heavy (non-hydrogen) atoms. The van der Waals surface area contributed by atoms with Gasteiger partial charge in [-0.15, -0.1) is 0 Å². The van der Waals surface area contributed by atoms with Gasteiger partial charge in [-0.2, -0.15) is 0 Å². The molecule has 1 aliphatic carbocycles. The molecule has 1 saturated heterocycles. The van der Waals surface area contributed by atoms with E-state index in [1.54, 1.807) is 24.3 Å². The van der Waals surface area contributed by atoms with Crippen LogP contribution in [0.2, 0.25) is 0 Å². The van der Waals surface area contributed by atoms with Gasteiger partial charge in [0, 0.05) is 50.4 Å². The van der Waals surface area contributed by atoms with Gasteiger partial charge in [0.15, 0.2) is 0 Å². The SMILES string of the molecule is Cc1cc(N2CCN(C(=O)CCc3ccc(S(=O)(=O)NC4CC4)cc3)CC2)nc(C)n1. The zero-order valence-electron chi connectivity index (χ0n) is 18.0. The van der Waals surface area contributed by atoms with Crippen LogP contribution in [0.15, 0.2) is 35.2 Å². The summed E-state index contributed by atoms with van der Waals surface area (Å²) < 4.78 is 27.2. The highest BCUT2D eigenvalue weighted by atomic mass is 32.2. The molecule has 1 N–H and O–H groups in total. The minimum absolute atomic E-state index is 0.0881. The van der Waals surface area contributed by atoms with Crippen LogP contribution in [0.1, 0.15) is 36.3 Å². The fraction of sp³-hybridized carbons (Fsp3) is 0.500. The minimum Gasteiger partial charge on any atom is -0.353 e. The van der Waals surface area contributed by atoms with Gasteiger partial charge in [0.2, 0.25) is 15.9 Å². The minimum atomic E-state index is -3.43. The van der Waals surface area contributed by atoms with Crippen molar-refractivity contribution in [1.82, 2.24) is 19.6 Å². The highest BCUT2D eigenvalue weighted by Gasteiger charge is 2.28. The molecule has 1 aromatic carbocycles. The molecular formula is C22H29N5O3S. The van der Waals surface area contributed by atoms with E-state index in [2.05, 4.69) is 19.6 Å². The third-order valence-electron chi connectivity index (χ3n) is 5.67. The maximum absolute atomic E-state index is 12.7. The number of hydrogen-bond acceptors (Lipinski definition) is 6. The number of benzene rings is 1. The standard InChI is InChI=1S/C22H29N5O3S/c1-16-15-21(24-17(2)23-16)26-11-13-27(14-12-26)22(28)10-5-18-3-8-20(9-4-18)31(29,30)25-19-6-7-19/h3-4,8-9,15,19,25H,5-7,10-14H2,1-2H3. The number of carbonyl (C=O) groups excluding carboxylic acids is 1. The van der Waals surface area contributed by atoms with E-state index in [-0.39, 0.29) is 16.8 Å². The van der Waals surface area contributed by atoms with Crippen LogP contribution in [0.3, 0.4) is 0 Å². The van der Waals surface area contributed by atoms with Crippen LogP contribution >= 0.6 is 0 Å². The zero-order chi connectivity index (χ0) is 22.0. The molecular weight excluding hydrogens is 414 g/mol. The summed E-state index contributed by atoms with van der Waals surface area (Å²) >= 11 is 0. The first-order valence-corrected chi connectivity index (χ1v) is 12.2. The summed E-state index contributed by atoms with van der Waals surface area (Å²) in [6.07, 6.45) is 2.83. The second kappa shape index (κ2) is 8.92. The van der Waals surface area contributed by atoms with Crippen molar-refractivity contribution < 1.29 is 13.2 Å². The number of hydrogen-bond donors (Lipinski definition) is 1. The van der Waals surface area contributed by atoms with E-state index in [1.807, 2.05) is 24.8 Å². The first-order valence-electron chi connectivity index (χ1n) is 10.8. The summed E-state index contributed by atoms with van der Waals surface area (Å²) in [4.78, 5) is 25.9. The van der Waals surface area contributed by atoms with Crippen molar-refractivity contribution in [2.24, 2.45) is 0 Å². The van der Waals surface area contributed by atoms with Crippen LogP contribution in [-0.2, 0) is 21.2 Å².